The SMILES string of the molecule is C[C@H](OC(=O)c1cc(C2CC2)nc2ccccc12)C(=O)NCCc1ccccc1. The number of aromatic nitrogens is 1. The maximum absolute atomic E-state index is 12.8. The van der Waals surface area contributed by atoms with Crippen molar-refractivity contribution in [2.24, 2.45) is 0 Å². The van der Waals surface area contributed by atoms with Gasteiger partial charge < -0.3 is 10.1 Å². The van der Waals surface area contributed by atoms with Crippen LogP contribution in [-0.2, 0) is 16.0 Å². The highest BCUT2D eigenvalue weighted by Gasteiger charge is 2.28. The number of ether oxygens (including phenoxy) is 1. The molecule has 0 bridgehead atoms. The third-order valence-corrected chi connectivity index (χ3v) is 5.16. The molecule has 5 heteroatoms. The summed E-state index contributed by atoms with van der Waals surface area (Å²) in [6.07, 6.45) is 2.06. The van der Waals surface area contributed by atoms with E-state index in [4.69, 9.17) is 4.74 Å². The number of esters is 1. The molecule has 0 radical (unpaired) electrons. The summed E-state index contributed by atoms with van der Waals surface area (Å²) in [6.45, 7) is 2.09. The van der Waals surface area contributed by atoms with Gasteiger partial charge in [-0.05, 0) is 43.9 Å². The van der Waals surface area contributed by atoms with E-state index < -0.39 is 12.1 Å². The monoisotopic (exact) mass is 388 g/mol. The molecular weight excluding hydrogens is 364 g/mol. The van der Waals surface area contributed by atoms with Gasteiger partial charge in [-0.2, -0.15) is 0 Å². The average molecular weight is 388 g/mol. The zero-order valence-corrected chi connectivity index (χ0v) is 16.4. The Morgan fingerprint density at radius 1 is 1.10 bits per heavy atom. The van der Waals surface area contributed by atoms with Gasteiger partial charge in [0.05, 0.1) is 11.1 Å². The Labute approximate surface area is 170 Å². The third-order valence-electron chi connectivity index (χ3n) is 5.16. The van der Waals surface area contributed by atoms with Crippen molar-refractivity contribution in [3.05, 3.63) is 77.5 Å². The number of hydrogen-bond donors (Lipinski definition) is 1. The van der Waals surface area contributed by atoms with E-state index in [0.29, 0.717) is 18.0 Å². The summed E-state index contributed by atoms with van der Waals surface area (Å²) in [7, 11) is 0. The smallest absolute Gasteiger partial charge is 0.339 e. The lowest BCUT2D eigenvalue weighted by Crippen LogP contribution is -2.37. The number of benzene rings is 2. The maximum Gasteiger partial charge on any atom is 0.339 e. The second-order valence-electron chi connectivity index (χ2n) is 7.46. The van der Waals surface area contributed by atoms with E-state index >= 15 is 0 Å². The lowest BCUT2D eigenvalue weighted by atomic mass is 10.1. The molecule has 0 saturated heterocycles. The summed E-state index contributed by atoms with van der Waals surface area (Å²) in [6, 6.07) is 19.3. The van der Waals surface area contributed by atoms with Crippen molar-refractivity contribution < 1.29 is 14.3 Å². The standard InChI is InChI=1S/C24H24N2O3/c1-16(23(27)25-14-13-17-7-3-2-4-8-17)29-24(28)20-15-22(18-11-12-18)26-21-10-6-5-9-19(20)21/h2-10,15-16,18H,11-14H2,1H3,(H,25,27)/t16-/m0/s1. The molecule has 0 aliphatic heterocycles. The van der Waals surface area contributed by atoms with Gasteiger partial charge in [-0.15, -0.1) is 0 Å². The van der Waals surface area contributed by atoms with E-state index in [1.165, 1.54) is 0 Å². The molecule has 1 N–H and O–H groups in total. The second-order valence-corrected chi connectivity index (χ2v) is 7.46. The van der Waals surface area contributed by atoms with Crippen LogP contribution in [0.25, 0.3) is 10.9 Å². The van der Waals surface area contributed by atoms with Crippen molar-refractivity contribution in [3.63, 3.8) is 0 Å². The number of nitrogens with one attached hydrogen (secondary N) is 1. The quantitative estimate of drug-likeness (QED) is 0.621. The highest BCUT2D eigenvalue weighted by Crippen LogP contribution is 2.40. The number of amides is 1. The third kappa shape index (κ3) is 4.62. The van der Waals surface area contributed by atoms with Gasteiger partial charge in [-0.3, -0.25) is 9.78 Å². The predicted octanol–water partition coefficient (Wildman–Crippen LogP) is 4.02. The summed E-state index contributed by atoms with van der Waals surface area (Å²) in [4.78, 5) is 29.9. The molecule has 4 rings (SSSR count). The molecule has 1 aliphatic carbocycles. The van der Waals surface area contributed by atoms with Crippen molar-refractivity contribution in [3.8, 4) is 0 Å². The van der Waals surface area contributed by atoms with Gasteiger partial charge in [0, 0.05) is 23.5 Å². The van der Waals surface area contributed by atoms with Crippen LogP contribution in [0.15, 0.2) is 60.7 Å². The molecule has 2 aromatic carbocycles. The first-order valence-corrected chi connectivity index (χ1v) is 10.0. The minimum atomic E-state index is -0.866. The van der Waals surface area contributed by atoms with E-state index in [1.54, 1.807) is 6.92 Å². The van der Waals surface area contributed by atoms with Crippen LogP contribution in [0.1, 0.15) is 47.3 Å². The van der Waals surface area contributed by atoms with Crippen LogP contribution in [0.5, 0.6) is 0 Å². The van der Waals surface area contributed by atoms with Gasteiger partial charge in [0.25, 0.3) is 5.91 Å². The van der Waals surface area contributed by atoms with Gasteiger partial charge >= 0.3 is 5.97 Å². The first-order chi connectivity index (χ1) is 14.1. The fourth-order valence-electron chi connectivity index (χ4n) is 3.35. The van der Waals surface area contributed by atoms with Crippen molar-refractivity contribution >= 4 is 22.8 Å². The van der Waals surface area contributed by atoms with Gasteiger partial charge in [0.1, 0.15) is 0 Å². The number of carbonyl (C=O) groups excluding carboxylic acids is 2. The summed E-state index contributed by atoms with van der Waals surface area (Å²) < 4.78 is 5.49. The maximum atomic E-state index is 12.8. The zero-order chi connectivity index (χ0) is 20.2. The van der Waals surface area contributed by atoms with Crippen molar-refractivity contribution in [2.45, 2.75) is 38.2 Å². The van der Waals surface area contributed by atoms with Crippen LogP contribution >= 0.6 is 0 Å². The molecular formula is C24H24N2O3. The van der Waals surface area contributed by atoms with Crippen LogP contribution in [0.2, 0.25) is 0 Å². The first kappa shape index (κ1) is 19.1. The molecule has 3 aromatic rings. The Morgan fingerprint density at radius 3 is 2.59 bits per heavy atom. The fourth-order valence-corrected chi connectivity index (χ4v) is 3.35. The minimum Gasteiger partial charge on any atom is -0.449 e. The summed E-state index contributed by atoms with van der Waals surface area (Å²) in [5, 5.41) is 3.58. The highest BCUT2D eigenvalue weighted by atomic mass is 16.5. The minimum absolute atomic E-state index is 0.296. The van der Waals surface area contributed by atoms with Gasteiger partial charge in [0.2, 0.25) is 0 Å². The zero-order valence-electron chi connectivity index (χ0n) is 16.4. The van der Waals surface area contributed by atoms with E-state index in [0.717, 1.165) is 41.4 Å². The molecule has 1 heterocycles. The Bertz CT molecular complexity index is 1030. The van der Waals surface area contributed by atoms with E-state index in [9.17, 15) is 9.59 Å². The van der Waals surface area contributed by atoms with Gasteiger partial charge in [-0.25, -0.2) is 4.79 Å². The molecule has 1 saturated carbocycles. The normalized spacial score (nSPS) is 14.4. The van der Waals surface area contributed by atoms with Gasteiger partial charge in [-0.1, -0.05) is 48.5 Å². The topological polar surface area (TPSA) is 68.3 Å². The van der Waals surface area contributed by atoms with Gasteiger partial charge in [0.15, 0.2) is 6.10 Å². The molecule has 1 aliphatic rings. The van der Waals surface area contributed by atoms with E-state index in [1.807, 2.05) is 60.7 Å². The number of nitrogens with zero attached hydrogens (tertiary/aromatic N) is 1. The van der Waals surface area contributed by atoms with Crippen LogP contribution in [0.3, 0.4) is 0 Å². The number of carbonyl (C=O) groups is 2. The second kappa shape index (κ2) is 8.43. The van der Waals surface area contributed by atoms with Crippen LogP contribution < -0.4 is 5.32 Å². The van der Waals surface area contributed by atoms with Crippen LogP contribution in [-0.4, -0.2) is 29.5 Å². The number of para-hydroxylation sites is 1. The molecule has 0 spiro atoms. The predicted molar refractivity (Wildman–Crippen MR) is 112 cm³/mol. The number of hydrogen-bond acceptors (Lipinski definition) is 4. The molecule has 148 valence electrons. The first-order valence-electron chi connectivity index (χ1n) is 10.0. The highest BCUT2D eigenvalue weighted by molar-refractivity contribution is 6.04. The van der Waals surface area contributed by atoms with Crippen molar-refractivity contribution in [2.75, 3.05) is 6.54 Å². The molecule has 0 unspecified atom stereocenters. The molecule has 1 aromatic heterocycles. The lowest BCUT2D eigenvalue weighted by molar-refractivity contribution is -0.129. The van der Waals surface area contributed by atoms with Crippen LogP contribution in [0.4, 0.5) is 0 Å². The molecule has 1 fully saturated rings. The molecule has 29 heavy (non-hydrogen) atoms. The number of rotatable bonds is 7. The Hall–Kier alpha value is -3.21. The fraction of sp³-hybridized carbons (Fsp3) is 0.292. The largest absolute Gasteiger partial charge is 0.449 e. The number of fused-ring (bicyclic) bond motifs is 1. The Balaban J connectivity index is 1.41. The summed E-state index contributed by atoms with van der Waals surface area (Å²) in [5.41, 5.74) is 3.33. The van der Waals surface area contributed by atoms with Crippen LogP contribution in [0, 0.1) is 0 Å². The Morgan fingerprint density at radius 2 is 1.83 bits per heavy atom. The van der Waals surface area contributed by atoms with E-state index in [-0.39, 0.29) is 5.91 Å². The van der Waals surface area contributed by atoms with Crippen molar-refractivity contribution in [1.82, 2.24) is 10.3 Å². The molecule has 5 nitrogen and oxygen atoms in total. The van der Waals surface area contributed by atoms with Crippen molar-refractivity contribution in [1.29, 1.82) is 0 Å². The lowest BCUT2D eigenvalue weighted by Gasteiger charge is -2.15. The van der Waals surface area contributed by atoms with E-state index in [2.05, 4.69) is 10.3 Å². The Kier molecular flexibility index (Phi) is 5.56. The molecule has 1 amide bonds. The number of pyridine rings is 1. The summed E-state index contributed by atoms with van der Waals surface area (Å²) >= 11 is 0. The molecule has 1 atom stereocenters. The average Bonchev–Trinajstić information content (AvgIpc) is 3.59. The summed E-state index contributed by atoms with van der Waals surface area (Å²) in [5.74, 6) is -0.365.